The summed E-state index contributed by atoms with van der Waals surface area (Å²) in [6.45, 7) is 4.23. The summed E-state index contributed by atoms with van der Waals surface area (Å²) in [5.74, 6) is -0.0120. The molecular formula is C28H53NO. The van der Waals surface area contributed by atoms with Crippen LogP contribution in [-0.2, 0) is 4.79 Å². The van der Waals surface area contributed by atoms with Crippen molar-refractivity contribution in [2.24, 2.45) is 11.7 Å². The van der Waals surface area contributed by atoms with E-state index in [9.17, 15) is 4.79 Å². The SMILES string of the molecule is CCC=CC=CCCCCCCCCCCCCCCCCCCC(CC)C(N)=O. The van der Waals surface area contributed by atoms with E-state index in [0.717, 1.165) is 25.7 Å². The first-order valence-electron chi connectivity index (χ1n) is 13.3. The van der Waals surface area contributed by atoms with Crippen molar-refractivity contribution in [1.82, 2.24) is 0 Å². The molecule has 0 bridgehead atoms. The number of hydrogen-bond acceptors (Lipinski definition) is 1. The summed E-state index contributed by atoms with van der Waals surface area (Å²) >= 11 is 0. The van der Waals surface area contributed by atoms with Gasteiger partial charge in [-0.1, -0.05) is 134 Å². The molecule has 0 rings (SSSR count). The smallest absolute Gasteiger partial charge is 0.220 e. The highest BCUT2D eigenvalue weighted by atomic mass is 16.1. The van der Waals surface area contributed by atoms with Gasteiger partial charge in [-0.15, -0.1) is 0 Å². The first kappa shape index (κ1) is 28.9. The Morgan fingerprint density at radius 3 is 1.43 bits per heavy atom. The van der Waals surface area contributed by atoms with Crippen molar-refractivity contribution in [3.63, 3.8) is 0 Å². The van der Waals surface area contributed by atoms with Crippen LogP contribution in [0.1, 0.15) is 142 Å². The van der Waals surface area contributed by atoms with Crippen LogP contribution in [0, 0.1) is 5.92 Å². The third-order valence-electron chi connectivity index (χ3n) is 6.19. The molecule has 0 aromatic carbocycles. The molecule has 0 spiro atoms. The summed E-state index contributed by atoms with van der Waals surface area (Å²) in [6.07, 6.45) is 35.2. The van der Waals surface area contributed by atoms with Crippen LogP contribution in [0.15, 0.2) is 24.3 Å². The van der Waals surface area contributed by atoms with Crippen LogP contribution in [0.3, 0.4) is 0 Å². The molecule has 0 heterocycles. The van der Waals surface area contributed by atoms with Crippen molar-refractivity contribution < 1.29 is 4.79 Å². The largest absolute Gasteiger partial charge is 0.369 e. The van der Waals surface area contributed by atoms with Crippen molar-refractivity contribution in [3.05, 3.63) is 24.3 Å². The average Bonchev–Trinajstić information content (AvgIpc) is 2.74. The molecule has 176 valence electrons. The van der Waals surface area contributed by atoms with Gasteiger partial charge in [0.15, 0.2) is 0 Å². The lowest BCUT2D eigenvalue weighted by atomic mass is 9.97. The second kappa shape index (κ2) is 24.2. The highest BCUT2D eigenvalue weighted by molar-refractivity contribution is 5.76. The van der Waals surface area contributed by atoms with Crippen LogP contribution >= 0.6 is 0 Å². The van der Waals surface area contributed by atoms with Crippen molar-refractivity contribution >= 4 is 5.91 Å². The average molecular weight is 420 g/mol. The lowest BCUT2D eigenvalue weighted by Gasteiger charge is -2.09. The Morgan fingerprint density at radius 1 is 0.633 bits per heavy atom. The minimum atomic E-state index is -0.114. The van der Waals surface area contributed by atoms with Gasteiger partial charge in [0.1, 0.15) is 0 Å². The zero-order chi connectivity index (χ0) is 22.1. The quantitative estimate of drug-likeness (QED) is 0.130. The number of rotatable bonds is 23. The second-order valence-corrected chi connectivity index (χ2v) is 9.01. The molecule has 1 amide bonds. The Bertz CT molecular complexity index is 413. The Balaban J connectivity index is 3.15. The predicted molar refractivity (Wildman–Crippen MR) is 135 cm³/mol. The zero-order valence-corrected chi connectivity index (χ0v) is 20.5. The van der Waals surface area contributed by atoms with E-state index in [-0.39, 0.29) is 11.8 Å². The first-order chi connectivity index (χ1) is 14.7. The molecule has 2 nitrogen and oxygen atoms in total. The minimum Gasteiger partial charge on any atom is -0.369 e. The number of carbonyl (C=O) groups excluding carboxylic acids is 1. The van der Waals surface area contributed by atoms with Crippen LogP contribution in [-0.4, -0.2) is 5.91 Å². The van der Waals surface area contributed by atoms with Gasteiger partial charge >= 0.3 is 0 Å². The third kappa shape index (κ3) is 21.7. The molecule has 0 aliphatic carbocycles. The van der Waals surface area contributed by atoms with Crippen LogP contribution in [0.25, 0.3) is 0 Å². The van der Waals surface area contributed by atoms with E-state index in [1.807, 2.05) is 0 Å². The number of hydrogen-bond donors (Lipinski definition) is 1. The van der Waals surface area contributed by atoms with Gasteiger partial charge < -0.3 is 5.73 Å². The number of allylic oxidation sites excluding steroid dienone is 4. The molecule has 1 unspecified atom stereocenters. The zero-order valence-electron chi connectivity index (χ0n) is 20.5. The van der Waals surface area contributed by atoms with E-state index in [1.165, 1.54) is 103 Å². The number of carbonyl (C=O) groups is 1. The highest BCUT2D eigenvalue weighted by Crippen LogP contribution is 2.16. The molecule has 0 radical (unpaired) electrons. The molecule has 0 saturated heterocycles. The fraction of sp³-hybridized carbons (Fsp3) is 0.821. The summed E-state index contributed by atoms with van der Waals surface area (Å²) in [4.78, 5) is 11.2. The Hall–Kier alpha value is -1.05. The van der Waals surface area contributed by atoms with Gasteiger partial charge in [-0.05, 0) is 32.1 Å². The summed E-state index contributed by atoms with van der Waals surface area (Å²) in [7, 11) is 0. The van der Waals surface area contributed by atoms with E-state index in [4.69, 9.17) is 5.73 Å². The summed E-state index contributed by atoms with van der Waals surface area (Å²) in [6, 6.07) is 0. The molecule has 0 aromatic rings. The van der Waals surface area contributed by atoms with Crippen molar-refractivity contribution in [1.29, 1.82) is 0 Å². The van der Waals surface area contributed by atoms with Gasteiger partial charge in [0, 0.05) is 5.92 Å². The second-order valence-electron chi connectivity index (χ2n) is 9.01. The monoisotopic (exact) mass is 419 g/mol. The Labute approximate surface area is 189 Å². The fourth-order valence-electron chi connectivity index (χ4n) is 4.06. The van der Waals surface area contributed by atoms with E-state index >= 15 is 0 Å². The van der Waals surface area contributed by atoms with Crippen LogP contribution < -0.4 is 5.73 Å². The molecule has 0 aliphatic heterocycles. The lowest BCUT2D eigenvalue weighted by Crippen LogP contribution is -2.22. The van der Waals surface area contributed by atoms with Crippen molar-refractivity contribution in [3.8, 4) is 0 Å². The van der Waals surface area contributed by atoms with Gasteiger partial charge in [0.05, 0.1) is 0 Å². The molecule has 2 heteroatoms. The fourth-order valence-corrected chi connectivity index (χ4v) is 4.06. The van der Waals surface area contributed by atoms with Gasteiger partial charge in [-0.2, -0.15) is 0 Å². The Morgan fingerprint density at radius 2 is 1.03 bits per heavy atom. The Kier molecular flexibility index (Phi) is 23.4. The van der Waals surface area contributed by atoms with Crippen molar-refractivity contribution in [2.75, 3.05) is 0 Å². The van der Waals surface area contributed by atoms with Crippen LogP contribution in [0.4, 0.5) is 0 Å². The number of amides is 1. The van der Waals surface area contributed by atoms with E-state index < -0.39 is 0 Å². The molecule has 0 fully saturated rings. The molecule has 30 heavy (non-hydrogen) atoms. The van der Waals surface area contributed by atoms with Gasteiger partial charge in [0.25, 0.3) is 0 Å². The maximum atomic E-state index is 11.2. The van der Waals surface area contributed by atoms with Gasteiger partial charge in [-0.3, -0.25) is 4.79 Å². The predicted octanol–water partition coefficient (Wildman–Crippen LogP) is 9.04. The summed E-state index contributed by atoms with van der Waals surface area (Å²) < 4.78 is 0. The minimum absolute atomic E-state index is 0.102. The van der Waals surface area contributed by atoms with Crippen LogP contribution in [0.5, 0.6) is 0 Å². The van der Waals surface area contributed by atoms with Crippen LogP contribution in [0.2, 0.25) is 0 Å². The molecule has 0 aliphatic rings. The number of nitrogens with two attached hydrogens (primary N) is 1. The van der Waals surface area contributed by atoms with E-state index in [0.29, 0.717) is 0 Å². The number of unbranched alkanes of at least 4 members (excludes halogenated alkanes) is 16. The molecule has 1 atom stereocenters. The van der Waals surface area contributed by atoms with Gasteiger partial charge in [-0.25, -0.2) is 0 Å². The first-order valence-corrected chi connectivity index (χ1v) is 13.3. The van der Waals surface area contributed by atoms with E-state index in [2.05, 4.69) is 38.2 Å². The molecular weight excluding hydrogens is 366 g/mol. The van der Waals surface area contributed by atoms with Crippen molar-refractivity contribution in [2.45, 2.75) is 142 Å². The molecule has 0 aromatic heterocycles. The lowest BCUT2D eigenvalue weighted by molar-refractivity contribution is -0.122. The third-order valence-corrected chi connectivity index (χ3v) is 6.19. The molecule has 0 saturated carbocycles. The number of primary amides is 1. The topological polar surface area (TPSA) is 43.1 Å². The summed E-state index contributed by atoms with van der Waals surface area (Å²) in [5.41, 5.74) is 5.40. The normalized spacial score (nSPS) is 12.9. The van der Waals surface area contributed by atoms with Gasteiger partial charge in [0.2, 0.25) is 5.91 Å². The maximum absolute atomic E-state index is 11.2. The highest BCUT2D eigenvalue weighted by Gasteiger charge is 2.11. The maximum Gasteiger partial charge on any atom is 0.220 e. The standard InChI is InChI=1S/C28H53NO/c1-3-5-6-7-8-9-10-11-12-13-14-15-16-17-18-19-20-21-22-23-24-25-26-27(4-2)28(29)30/h5-8,27H,3-4,9-26H2,1-2H3,(H2,29,30). The summed E-state index contributed by atoms with van der Waals surface area (Å²) in [5, 5.41) is 0. The molecule has 2 N–H and O–H groups in total. The van der Waals surface area contributed by atoms with E-state index in [1.54, 1.807) is 0 Å².